The van der Waals surface area contributed by atoms with Gasteiger partial charge in [-0.15, -0.1) is 0 Å². The predicted molar refractivity (Wildman–Crippen MR) is 88.8 cm³/mol. The maximum atomic E-state index is 12.9. The molecule has 3 rings (SSSR count). The zero-order valence-electron chi connectivity index (χ0n) is 13.7. The molecule has 2 atom stereocenters. The first-order valence-electron chi connectivity index (χ1n) is 8.16. The second-order valence-corrected chi connectivity index (χ2v) is 6.00. The molecule has 2 heterocycles. The lowest BCUT2D eigenvalue weighted by Crippen LogP contribution is -2.50. The van der Waals surface area contributed by atoms with E-state index in [1.165, 1.54) is 6.26 Å². The number of carbonyl (C=O) groups excluding carboxylic acids is 2. The van der Waals surface area contributed by atoms with E-state index in [0.29, 0.717) is 25.5 Å². The molecule has 5 nitrogen and oxygen atoms in total. The van der Waals surface area contributed by atoms with Crippen LogP contribution < -0.4 is 0 Å². The highest BCUT2D eigenvalue weighted by molar-refractivity contribution is 5.94. The molecule has 2 aromatic rings. The summed E-state index contributed by atoms with van der Waals surface area (Å²) in [4.78, 5) is 27.0. The number of rotatable bonds is 5. The first kappa shape index (κ1) is 16.5. The van der Waals surface area contributed by atoms with E-state index >= 15 is 0 Å². The minimum absolute atomic E-state index is 0.0294. The molecular formula is C19H21NO4. The Hall–Kier alpha value is -2.40. The summed E-state index contributed by atoms with van der Waals surface area (Å²) in [5.41, 5.74) is 0.977. The topological polar surface area (TPSA) is 59.8 Å². The van der Waals surface area contributed by atoms with Crippen LogP contribution in [-0.2, 0) is 9.53 Å². The molecule has 24 heavy (non-hydrogen) atoms. The Morgan fingerprint density at radius 1 is 1.21 bits per heavy atom. The Morgan fingerprint density at radius 2 is 2.00 bits per heavy atom. The third kappa shape index (κ3) is 3.57. The molecule has 0 N–H and O–H groups in total. The second kappa shape index (κ2) is 7.45. The molecule has 1 fully saturated rings. The molecule has 5 heteroatoms. The summed E-state index contributed by atoms with van der Waals surface area (Å²) in [6.45, 7) is 3.28. The third-order valence-corrected chi connectivity index (χ3v) is 4.40. The molecule has 0 aliphatic carbocycles. The molecule has 0 bridgehead atoms. The van der Waals surface area contributed by atoms with Crippen LogP contribution in [0.1, 0.15) is 35.4 Å². The summed E-state index contributed by atoms with van der Waals surface area (Å²) in [6, 6.07) is 12.8. The molecule has 1 saturated heterocycles. The minimum atomic E-state index is -0.255. The molecule has 1 aliphatic heterocycles. The normalized spacial score (nSPS) is 19.0. The highest BCUT2D eigenvalue weighted by Gasteiger charge is 2.32. The summed E-state index contributed by atoms with van der Waals surface area (Å²) in [6.07, 6.45) is 1.69. The van der Waals surface area contributed by atoms with Gasteiger partial charge in [-0.05, 0) is 24.6 Å². The number of benzene rings is 1. The standard InChI is InChI=1S/C19H21NO4/c1-14(15-6-3-2-4-7-15)19(22)20-9-11-23-13-16(20)12-17(21)18-8-5-10-24-18/h2-8,10,14,16H,9,11-13H2,1H3/t14-,16+/m1/s1. The number of hydrogen-bond acceptors (Lipinski definition) is 4. The third-order valence-electron chi connectivity index (χ3n) is 4.40. The summed E-state index contributed by atoms with van der Waals surface area (Å²) in [5.74, 6) is -0.00277. The molecule has 0 spiro atoms. The molecule has 1 amide bonds. The van der Waals surface area contributed by atoms with Crippen molar-refractivity contribution in [3.8, 4) is 0 Å². The van der Waals surface area contributed by atoms with Crippen molar-refractivity contribution in [3.05, 3.63) is 60.1 Å². The van der Waals surface area contributed by atoms with Gasteiger partial charge in [0.25, 0.3) is 0 Å². The maximum Gasteiger partial charge on any atom is 0.230 e. The fraction of sp³-hybridized carbons (Fsp3) is 0.368. The van der Waals surface area contributed by atoms with Gasteiger partial charge in [0, 0.05) is 13.0 Å². The fourth-order valence-electron chi connectivity index (χ4n) is 3.00. The number of furan rings is 1. The molecular weight excluding hydrogens is 306 g/mol. The Labute approximate surface area is 141 Å². The Balaban J connectivity index is 1.72. The number of nitrogens with zero attached hydrogens (tertiary/aromatic N) is 1. The highest BCUT2D eigenvalue weighted by atomic mass is 16.5. The minimum Gasteiger partial charge on any atom is -0.461 e. The SMILES string of the molecule is C[C@@H](C(=O)N1CCOC[C@@H]1CC(=O)c1ccco1)c1ccccc1. The summed E-state index contributed by atoms with van der Waals surface area (Å²) < 4.78 is 10.6. The van der Waals surface area contributed by atoms with E-state index in [1.54, 1.807) is 17.0 Å². The number of Topliss-reactive ketones (excluding diaryl/α,β-unsaturated/α-hetero) is 1. The van der Waals surface area contributed by atoms with Gasteiger partial charge in [0.2, 0.25) is 5.91 Å². The van der Waals surface area contributed by atoms with Crippen molar-refractivity contribution in [1.82, 2.24) is 4.90 Å². The van der Waals surface area contributed by atoms with Crippen molar-refractivity contribution in [2.24, 2.45) is 0 Å². The van der Waals surface area contributed by atoms with Gasteiger partial charge in [0.15, 0.2) is 11.5 Å². The molecule has 0 unspecified atom stereocenters. The number of ketones is 1. The smallest absolute Gasteiger partial charge is 0.230 e. The Bertz CT molecular complexity index is 681. The maximum absolute atomic E-state index is 12.9. The van der Waals surface area contributed by atoms with Gasteiger partial charge < -0.3 is 14.1 Å². The van der Waals surface area contributed by atoms with Gasteiger partial charge in [-0.1, -0.05) is 30.3 Å². The van der Waals surface area contributed by atoms with E-state index in [0.717, 1.165) is 5.56 Å². The zero-order valence-corrected chi connectivity index (χ0v) is 13.7. The fourth-order valence-corrected chi connectivity index (χ4v) is 3.00. The van der Waals surface area contributed by atoms with Gasteiger partial charge in [-0.2, -0.15) is 0 Å². The van der Waals surface area contributed by atoms with Gasteiger partial charge in [-0.3, -0.25) is 9.59 Å². The van der Waals surface area contributed by atoms with Crippen LogP contribution in [0.2, 0.25) is 0 Å². The van der Waals surface area contributed by atoms with Crippen LogP contribution in [0.3, 0.4) is 0 Å². The molecule has 1 aromatic carbocycles. The van der Waals surface area contributed by atoms with Gasteiger partial charge in [0.1, 0.15) is 0 Å². The molecule has 1 aliphatic rings. The monoisotopic (exact) mass is 327 g/mol. The van der Waals surface area contributed by atoms with Crippen molar-refractivity contribution >= 4 is 11.7 Å². The summed E-state index contributed by atoms with van der Waals surface area (Å²) in [7, 11) is 0. The summed E-state index contributed by atoms with van der Waals surface area (Å²) in [5, 5.41) is 0. The van der Waals surface area contributed by atoms with Crippen LogP contribution in [0, 0.1) is 0 Å². The number of hydrogen-bond donors (Lipinski definition) is 0. The first-order valence-corrected chi connectivity index (χ1v) is 8.16. The molecule has 1 aromatic heterocycles. The van der Waals surface area contributed by atoms with Crippen LogP contribution in [0.4, 0.5) is 0 Å². The van der Waals surface area contributed by atoms with Crippen LogP contribution in [0.5, 0.6) is 0 Å². The largest absolute Gasteiger partial charge is 0.461 e. The number of ether oxygens (including phenoxy) is 1. The van der Waals surface area contributed by atoms with Crippen LogP contribution in [0.15, 0.2) is 53.1 Å². The van der Waals surface area contributed by atoms with E-state index < -0.39 is 0 Å². The van der Waals surface area contributed by atoms with Crippen molar-refractivity contribution in [2.75, 3.05) is 19.8 Å². The molecule has 0 radical (unpaired) electrons. The Morgan fingerprint density at radius 3 is 2.71 bits per heavy atom. The van der Waals surface area contributed by atoms with Gasteiger partial charge in [0.05, 0.1) is 31.4 Å². The average molecular weight is 327 g/mol. The van der Waals surface area contributed by atoms with Crippen LogP contribution in [-0.4, -0.2) is 42.4 Å². The van der Waals surface area contributed by atoms with Crippen LogP contribution in [0.25, 0.3) is 0 Å². The number of morpholine rings is 1. The van der Waals surface area contributed by atoms with Gasteiger partial charge >= 0.3 is 0 Å². The van der Waals surface area contributed by atoms with Crippen LogP contribution >= 0.6 is 0 Å². The highest BCUT2D eigenvalue weighted by Crippen LogP contribution is 2.22. The lowest BCUT2D eigenvalue weighted by Gasteiger charge is -2.37. The number of amides is 1. The van der Waals surface area contributed by atoms with E-state index in [4.69, 9.17) is 9.15 Å². The van der Waals surface area contributed by atoms with Crippen molar-refractivity contribution in [2.45, 2.75) is 25.3 Å². The number of carbonyl (C=O) groups is 2. The average Bonchev–Trinajstić information content (AvgIpc) is 3.16. The van der Waals surface area contributed by atoms with Crippen molar-refractivity contribution in [1.29, 1.82) is 0 Å². The second-order valence-electron chi connectivity index (χ2n) is 6.00. The summed E-state index contributed by atoms with van der Waals surface area (Å²) >= 11 is 0. The van der Waals surface area contributed by atoms with E-state index in [-0.39, 0.29) is 30.1 Å². The van der Waals surface area contributed by atoms with E-state index in [1.807, 2.05) is 37.3 Å². The molecule has 126 valence electrons. The molecule has 0 saturated carbocycles. The van der Waals surface area contributed by atoms with Gasteiger partial charge in [-0.25, -0.2) is 0 Å². The van der Waals surface area contributed by atoms with E-state index in [2.05, 4.69) is 0 Å². The quantitative estimate of drug-likeness (QED) is 0.792. The lowest BCUT2D eigenvalue weighted by atomic mass is 9.97. The van der Waals surface area contributed by atoms with E-state index in [9.17, 15) is 9.59 Å². The lowest BCUT2D eigenvalue weighted by molar-refractivity contribution is -0.141. The van der Waals surface area contributed by atoms with Crippen molar-refractivity contribution < 1.29 is 18.7 Å². The van der Waals surface area contributed by atoms with Crippen molar-refractivity contribution in [3.63, 3.8) is 0 Å². The first-order chi connectivity index (χ1) is 11.7. The zero-order chi connectivity index (χ0) is 16.9. The Kier molecular flexibility index (Phi) is 5.11. The predicted octanol–water partition coefficient (Wildman–Crippen LogP) is 2.88.